The van der Waals surface area contributed by atoms with Crippen LogP contribution in [0.3, 0.4) is 0 Å². The fraction of sp³-hybridized carbons (Fsp3) is 0.222. The van der Waals surface area contributed by atoms with Crippen LogP contribution in [0.1, 0.15) is 5.82 Å². The van der Waals surface area contributed by atoms with Gasteiger partial charge in [0.1, 0.15) is 11.5 Å². The topological polar surface area (TPSA) is 62.7 Å². The molecule has 5 nitrogen and oxygen atoms in total. The van der Waals surface area contributed by atoms with Crippen molar-refractivity contribution in [2.24, 2.45) is 0 Å². The van der Waals surface area contributed by atoms with E-state index < -0.39 is 0 Å². The van der Waals surface area contributed by atoms with Gasteiger partial charge in [-0.1, -0.05) is 23.8 Å². The van der Waals surface area contributed by atoms with Crippen molar-refractivity contribution in [3.63, 3.8) is 0 Å². The Labute approximate surface area is 92.3 Å². The fourth-order valence-electron chi connectivity index (χ4n) is 1.21. The molecule has 2 rings (SSSR count). The molecule has 15 heavy (non-hydrogen) atoms. The second kappa shape index (κ2) is 4.27. The second-order valence-electron chi connectivity index (χ2n) is 2.89. The molecule has 1 aromatic rings. The number of anilines is 1. The molecule has 2 N–H and O–H groups in total. The number of nitrogens with one attached hydrogen (secondary N) is 2. The van der Waals surface area contributed by atoms with E-state index in [0.717, 1.165) is 12.1 Å². The Morgan fingerprint density at radius 1 is 1.47 bits per heavy atom. The van der Waals surface area contributed by atoms with Gasteiger partial charge >= 0.3 is 0 Å². The molecular formula is C9H10ClN5. The molecule has 0 aromatic carbocycles. The van der Waals surface area contributed by atoms with Crippen LogP contribution in [-0.4, -0.2) is 28.5 Å². The lowest BCUT2D eigenvalue weighted by molar-refractivity contribution is 0.941. The first-order valence-electron chi connectivity index (χ1n) is 4.48. The number of hydrogen-bond donors (Lipinski definition) is 2. The standard InChI is InChI=1S/C9H10ClN5/c1-11-9-14-5-13-8(15-9)6-3-2-4-12-7(6)10/h2-3,5,12H,4H2,1H3,(H,11,13,14,15). The number of rotatable bonds is 2. The molecule has 0 fully saturated rings. The molecule has 0 bridgehead atoms. The van der Waals surface area contributed by atoms with Crippen LogP contribution in [0.5, 0.6) is 0 Å². The first kappa shape index (κ1) is 9.92. The summed E-state index contributed by atoms with van der Waals surface area (Å²) in [7, 11) is 1.75. The van der Waals surface area contributed by atoms with E-state index in [1.165, 1.54) is 6.33 Å². The Balaban J connectivity index is 2.40. The molecule has 1 aliphatic rings. The maximum absolute atomic E-state index is 6.01. The smallest absolute Gasteiger partial charge is 0.225 e. The van der Waals surface area contributed by atoms with E-state index in [4.69, 9.17) is 11.6 Å². The first-order valence-corrected chi connectivity index (χ1v) is 4.86. The maximum atomic E-state index is 6.01. The quantitative estimate of drug-likeness (QED) is 0.732. The van der Waals surface area contributed by atoms with E-state index in [1.807, 2.05) is 12.2 Å². The Kier molecular flexibility index (Phi) is 2.82. The van der Waals surface area contributed by atoms with Gasteiger partial charge in [-0.3, -0.25) is 0 Å². The van der Waals surface area contributed by atoms with Gasteiger partial charge in [0, 0.05) is 13.6 Å². The summed E-state index contributed by atoms with van der Waals surface area (Å²) in [5.41, 5.74) is 0.779. The summed E-state index contributed by atoms with van der Waals surface area (Å²) in [6, 6.07) is 0. The number of hydrogen-bond acceptors (Lipinski definition) is 5. The minimum atomic E-state index is 0.524. The molecule has 2 heterocycles. The summed E-state index contributed by atoms with van der Waals surface area (Å²) in [4.78, 5) is 12.2. The molecule has 0 amide bonds. The summed E-state index contributed by atoms with van der Waals surface area (Å²) in [6.07, 6.45) is 5.31. The van der Waals surface area contributed by atoms with Crippen molar-refractivity contribution in [1.82, 2.24) is 20.3 Å². The van der Waals surface area contributed by atoms with E-state index in [0.29, 0.717) is 16.9 Å². The average Bonchev–Trinajstić information content (AvgIpc) is 2.30. The zero-order valence-electron chi connectivity index (χ0n) is 8.16. The van der Waals surface area contributed by atoms with E-state index in [9.17, 15) is 0 Å². The zero-order chi connectivity index (χ0) is 10.7. The highest BCUT2D eigenvalue weighted by molar-refractivity contribution is 6.32. The number of halogens is 1. The van der Waals surface area contributed by atoms with Gasteiger partial charge in [-0.15, -0.1) is 0 Å². The van der Waals surface area contributed by atoms with Crippen molar-refractivity contribution in [3.05, 3.63) is 29.5 Å². The average molecular weight is 224 g/mol. The van der Waals surface area contributed by atoms with Crippen molar-refractivity contribution in [3.8, 4) is 0 Å². The monoisotopic (exact) mass is 223 g/mol. The molecule has 0 saturated heterocycles. The van der Waals surface area contributed by atoms with Gasteiger partial charge in [-0.2, -0.15) is 4.98 Å². The molecule has 0 spiro atoms. The van der Waals surface area contributed by atoms with Crippen molar-refractivity contribution in [1.29, 1.82) is 0 Å². The minimum Gasteiger partial charge on any atom is -0.372 e. The van der Waals surface area contributed by atoms with Crippen LogP contribution in [0.15, 0.2) is 23.6 Å². The maximum Gasteiger partial charge on any atom is 0.225 e. The Morgan fingerprint density at radius 2 is 2.33 bits per heavy atom. The zero-order valence-corrected chi connectivity index (χ0v) is 8.91. The summed E-state index contributed by atoms with van der Waals surface area (Å²) >= 11 is 6.01. The molecule has 1 aromatic heterocycles. The molecule has 0 saturated carbocycles. The molecular weight excluding hydrogens is 214 g/mol. The van der Waals surface area contributed by atoms with Gasteiger partial charge in [0.15, 0.2) is 5.82 Å². The van der Waals surface area contributed by atoms with Crippen molar-refractivity contribution >= 4 is 23.1 Å². The van der Waals surface area contributed by atoms with Crippen LogP contribution in [0.4, 0.5) is 5.95 Å². The van der Waals surface area contributed by atoms with Crippen LogP contribution < -0.4 is 10.6 Å². The molecule has 0 radical (unpaired) electrons. The van der Waals surface area contributed by atoms with Crippen molar-refractivity contribution < 1.29 is 0 Å². The molecule has 1 aliphatic heterocycles. The van der Waals surface area contributed by atoms with Gasteiger partial charge in [0.25, 0.3) is 0 Å². The van der Waals surface area contributed by atoms with Gasteiger partial charge < -0.3 is 10.6 Å². The lowest BCUT2D eigenvalue weighted by atomic mass is 10.2. The Bertz CT molecular complexity index is 426. The van der Waals surface area contributed by atoms with E-state index >= 15 is 0 Å². The predicted molar refractivity (Wildman–Crippen MR) is 59.3 cm³/mol. The highest BCUT2D eigenvalue weighted by Gasteiger charge is 2.11. The van der Waals surface area contributed by atoms with Crippen molar-refractivity contribution in [2.45, 2.75) is 0 Å². The van der Waals surface area contributed by atoms with E-state index in [1.54, 1.807) is 7.05 Å². The molecule has 0 unspecified atom stereocenters. The third-order valence-corrected chi connectivity index (χ3v) is 2.27. The lowest BCUT2D eigenvalue weighted by Gasteiger charge is -2.11. The second-order valence-corrected chi connectivity index (χ2v) is 3.27. The van der Waals surface area contributed by atoms with Gasteiger partial charge in [-0.05, 0) is 0 Å². The summed E-state index contributed by atoms with van der Waals surface area (Å²) in [5.74, 6) is 1.08. The highest BCUT2D eigenvalue weighted by Crippen LogP contribution is 2.20. The predicted octanol–water partition coefficient (Wildman–Crippen LogP) is 0.980. The Morgan fingerprint density at radius 3 is 3.07 bits per heavy atom. The van der Waals surface area contributed by atoms with Crippen LogP contribution in [0.25, 0.3) is 5.57 Å². The van der Waals surface area contributed by atoms with Crippen molar-refractivity contribution in [2.75, 3.05) is 18.9 Å². The largest absolute Gasteiger partial charge is 0.372 e. The fourth-order valence-corrected chi connectivity index (χ4v) is 1.44. The van der Waals surface area contributed by atoms with Crippen LogP contribution in [-0.2, 0) is 0 Å². The number of aromatic nitrogens is 3. The van der Waals surface area contributed by atoms with Crippen LogP contribution in [0.2, 0.25) is 0 Å². The first-order chi connectivity index (χ1) is 7.31. The van der Waals surface area contributed by atoms with E-state index in [-0.39, 0.29) is 0 Å². The van der Waals surface area contributed by atoms with Gasteiger partial charge in [-0.25, -0.2) is 9.97 Å². The molecule has 0 atom stereocenters. The summed E-state index contributed by atoms with van der Waals surface area (Å²) in [6.45, 7) is 0.728. The Hall–Kier alpha value is -1.62. The summed E-state index contributed by atoms with van der Waals surface area (Å²) < 4.78 is 0. The minimum absolute atomic E-state index is 0.524. The number of allylic oxidation sites excluding steroid dienone is 2. The van der Waals surface area contributed by atoms with Gasteiger partial charge in [0.2, 0.25) is 5.95 Å². The van der Waals surface area contributed by atoms with Gasteiger partial charge in [0.05, 0.1) is 5.57 Å². The van der Waals surface area contributed by atoms with E-state index in [2.05, 4.69) is 25.6 Å². The molecule has 6 heteroatoms. The normalized spacial score (nSPS) is 15.1. The number of nitrogens with zero attached hydrogens (tertiary/aromatic N) is 3. The van der Waals surface area contributed by atoms with Crippen LogP contribution >= 0.6 is 11.6 Å². The molecule has 78 valence electrons. The third kappa shape index (κ3) is 2.07. The highest BCUT2D eigenvalue weighted by atomic mass is 35.5. The van der Waals surface area contributed by atoms with Crippen LogP contribution in [0, 0.1) is 0 Å². The summed E-state index contributed by atoms with van der Waals surface area (Å²) in [5, 5.41) is 6.42. The molecule has 0 aliphatic carbocycles. The lowest BCUT2D eigenvalue weighted by Crippen LogP contribution is -2.15. The number of dihydropyridines is 1. The SMILES string of the molecule is CNc1ncnc(C2=C(Cl)NCC=C2)n1. The third-order valence-electron chi connectivity index (χ3n) is 1.93.